The predicted octanol–water partition coefficient (Wildman–Crippen LogP) is 6.12. The maximum atomic E-state index is 12.7. The van der Waals surface area contributed by atoms with Gasteiger partial charge in [0.1, 0.15) is 0 Å². The Balaban J connectivity index is 1.85. The van der Waals surface area contributed by atoms with Crippen LogP contribution < -0.4 is 5.32 Å². The Labute approximate surface area is 149 Å². The Morgan fingerprint density at radius 1 is 1.00 bits per heavy atom. The van der Waals surface area contributed by atoms with Gasteiger partial charge in [-0.15, -0.1) is 0 Å². The summed E-state index contributed by atoms with van der Waals surface area (Å²) in [6, 6.07) is 11.1. The van der Waals surface area contributed by atoms with Crippen LogP contribution >= 0.6 is 23.2 Å². The number of hydrogen-bond acceptors (Lipinski definition) is 1. The minimum atomic E-state index is -4.31. The Bertz CT molecular complexity index is 686. The molecule has 24 heavy (non-hydrogen) atoms. The average molecular weight is 376 g/mol. The molecule has 130 valence electrons. The fourth-order valence-electron chi connectivity index (χ4n) is 2.33. The summed E-state index contributed by atoms with van der Waals surface area (Å²) in [5.41, 5.74) is 1.08. The molecule has 1 N–H and O–H groups in total. The number of halogens is 5. The SMILES string of the molecule is CC(CCc1ccc(Cl)c(Cl)c1)NCc1cccc(C(F)(F)F)c1. The van der Waals surface area contributed by atoms with Gasteiger partial charge >= 0.3 is 6.18 Å². The van der Waals surface area contributed by atoms with Gasteiger partial charge in [-0.1, -0.05) is 47.5 Å². The highest BCUT2D eigenvalue weighted by Crippen LogP contribution is 2.29. The van der Waals surface area contributed by atoms with E-state index in [9.17, 15) is 13.2 Å². The van der Waals surface area contributed by atoms with Gasteiger partial charge in [0.25, 0.3) is 0 Å². The fraction of sp³-hybridized carbons (Fsp3) is 0.333. The molecule has 1 atom stereocenters. The molecule has 0 aromatic heterocycles. The summed E-state index contributed by atoms with van der Waals surface area (Å²) in [6.07, 6.45) is -2.65. The van der Waals surface area contributed by atoms with Gasteiger partial charge < -0.3 is 5.32 Å². The maximum Gasteiger partial charge on any atom is 0.416 e. The molecule has 2 aromatic rings. The van der Waals surface area contributed by atoms with Crippen molar-refractivity contribution in [3.63, 3.8) is 0 Å². The standard InChI is InChI=1S/C18H18Cl2F3N/c1-12(5-6-13-7-8-16(19)17(20)10-13)24-11-14-3-2-4-15(9-14)18(21,22)23/h2-4,7-10,12,24H,5-6,11H2,1H3. The molecule has 0 aliphatic rings. The Hall–Kier alpha value is -1.23. The molecule has 0 radical (unpaired) electrons. The lowest BCUT2D eigenvalue weighted by molar-refractivity contribution is -0.137. The molecule has 0 amide bonds. The van der Waals surface area contributed by atoms with Gasteiger partial charge in [0.2, 0.25) is 0 Å². The molecule has 0 heterocycles. The normalized spacial score (nSPS) is 13.1. The molecule has 0 spiro atoms. The molecule has 0 fully saturated rings. The average Bonchev–Trinajstić information content (AvgIpc) is 2.53. The van der Waals surface area contributed by atoms with Crippen LogP contribution in [0.3, 0.4) is 0 Å². The van der Waals surface area contributed by atoms with Crippen molar-refractivity contribution in [1.29, 1.82) is 0 Å². The van der Waals surface area contributed by atoms with E-state index < -0.39 is 11.7 Å². The van der Waals surface area contributed by atoms with E-state index in [0.717, 1.165) is 24.5 Å². The smallest absolute Gasteiger partial charge is 0.310 e. The van der Waals surface area contributed by atoms with Crippen molar-refractivity contribution >= 4 is 23.2 Å². The van der Waals surface area contributed by atoms with Crippen LogP contribution in [0.25, 0.3) is 0 Å². The lowest BCUT2D eigenvalue weighted by atomic mass is 10.1. The van der Waals surface area contributed by atoms with E-state index >= 15 is 0 Å². The van der Waals surface area contributed by atoms with Gasteiger partial charge in [-0.2, -0.15) is 13.2 Å². The Kier molecular flexibility index (Phi) is 6.55. The summed E-state index contributed by atoms with van der Waals surface area (Å²) in [6.45, 7) is 2.40. The first-order chi connectivity index (χ1) is 11.3. The monoisotopic (exact) mass is 375 g/mol. The van der Waals surface area contributed by atoms with Crippen LogP contribution in [0.15, 0.2) is 42.5 Å². The molecular weight excluding hydrogens is 358 g/mol. The molecule has 2 aromatic carbocycles. The minimum absolute atomic E-state index is 0.161. The second-order valence-electron chi connectivity index (χ2n) is 5.77. The van der Waals surface area contributed by atoms with E-state index in [4.69, 9.17) is 23.2 Å². The summed E-state index contributed by atoms with van der Waals surface area (Å²) in [5, 5.41) is 4.30. The van der Waals surface area contributed by atoms with Crippen molar-refractivity contribution in [1.82, 2.24) is 5.32 Å². The van der Waals surface area contributed by atoms with E-state index in [1.807, 2.05) is 19.1 Å². The first-order valence-electron chi connectivity index (χ1n) is 7.59. The van der Waals surface area contributed by atoms with Crippen LogP contribution in [0.2, 0.25) is 10.0 Å². The lowest BCUT2D eigenvalue weighted by Gasteiger charge is -2.15. The van der Waals surface area contributed by atoms with Gasteiger partial charge in [0.05, 0.1) is 15.6 Å². The third-order valence-electron chi connectivity index (χ3n) is 3.76. The third-order valence-corrected chi connectivity index (χ3v) is 4.50. The van der Waals surface area contributed by atoms with Crippen molar-refractivity contribution in [2.45, 2.75) is 38.5 Å². The zero-order valence-corrected chi connectivity index (χ0v) is 14.6. The van der Waals surface area contributed by atoms with E-state index in [2.05, 4.69) is 5.32 Å². The van der Waals surface area contributed by atoms with E-state index in [-0.39, 0.29) is 6.04 Å². The Morgan fingerprint density at radius 3 is 2.42 bits per heavy atom. The molecule has 0 aliphatic carbocycles. The minimum Gasteiger partial charge on any atom is -0.310 e. The number of alkyl halides is 3. The predicted molar refractivity (Wildman–Crippen MR) is 92.5 cm³/mol. The van der Waals surface area contributed by atoms with Crippen LogP contribution in [0.5, 0.6) is 0 Å². The highest BCUT2D eigenvalue weighted by Gasteiger charge is 2.30. The molecule has 0 bridgehead atoms. The second-order valence-corrected chi connectivity index (χ2v) is 6.58. The molecule has 1 unspecified atom stereocenters. The van der Waals surface area contributed by atoms with Crippen LogP contribution in [0, 0.1) is 0 Å². The number of benzene rings is 2. The quantitative estimate of drug-likeness (QED) is 0.640. The first kappa shape index (κ1) is 19.1. The molecule has 0 aliphatic heterocycles. The highest BCUT2D eigenvalue weighted by atomic mass is 35.5. The Morgan fingerprint density at radius 2 is 1.75 bits per heavy atom. The summed E-state index contributed by atoms with van der Waals surface area (Å²) in [7, 11) is 0. The fourth-order valence-corrected chi connectivity index (χ4v) is 2.65. The second kappa shape index (κ2) is 8.24. The van der Waals surface area contributed by atoms with Crippen LogP contribution in [0.1, 0.15) is 30.0 Å². The van der Waals surface area contributed by atoms with Gasteiger partial charge in [-0.25, -0.2) is 0 Å². The van der Waals surface area contributed by atoms with Crippen molar-refractivity contribution < 1.29 is 13.2 Å². The molecule has 0 saturated heterocycles. The molecule has 1 nitrogen and oxygen atoms in total. The summed E-state index contributed by atoms with van der Waals surface area (Å²) in [5.74, 6) is 0. The molecule has 0 saturated carbocycles. The highest BCUT2D eigenvalue weighted by molar-refractivity contribution is 6.42. The van der Waals surface area contributed by atoms with Gasteiger partial charge in [-0.3, -0.25) is 0 Å². The van der Waals surface area contributed by atoms with Gasteiger partial charge in [-0.05, 0) is 49.1 Å². The number of nitrogens with one attached hydrogen (secondary N) is 1. The zero-order valence-electron chi connectivity index (χ0n) is 13.1. The third kappa shape index (κ3) is 5.69. The lowest BCUT2D eigenvalue weighted by Crippen LogP contribution is -2.26. The van der Waals surface area contributed by atoms with Crippen LogP contribution in [-0.4, -0.2) is 6.04 Å². The molecule has 2 rings (SSSR count). The van der Waals surface area contributed by atoms with Crippen molar-refractivity contribution in [3.05, 3.63) is 69.2 Å². The van der Waals surface area contributed by atoms with Gasteiger partial charge in [0.15, 0.2) is 0 Å². The van der Waals surface area contributed by atoms with Crippen molar-refractivity contribution in [2.75, 3.05) is 0 Å². The van der Waals surface area contributed by atoms with E-state index in [1.54, 1.807) is 12.1 Å². The zero-order chi connectivity index (χ0) is 17.7. The van der Waals surface area contributed by atoms with Crippen molar-refractivity contribution in [2.24, 2.45) is 0 Å². The number of rotatable bonds is 6. The topological polar surface area (TPSA) is 12.0 Å². The van der Waals surface area contributed by atoms with Gasteiger partial charge in [0, 0.05) is 12.6 Å². The van der Waals surface area contributed by atoms with E-state index in [1.165, 1.54) is 12.1 Å². The van der Waals surface area contributed by atoms with Crippen molar-refractivity contribution in [3.8, 4) is 0 Å². The summed E-state index contributed by atoms with van der Waals surface area (Å²) in [4.78, 5) is 0. The number of hydrogen-bond donors (Lipinski definition) is 1. The van der Waals surface area contributed by atoms with E-state index in [0.29, 0.717) is 22.2 Å². The maximum absolute atomic E-state index is 12.7. The largest absolute Gasteiger partial charge is 0.416 e. The first-order valence-corrected chi connectivity index (χ1v) is 8.35. The summed E-state index contributed by atoms with van der Waals surface area (Å²) < 4.78 is 38.1. The van der Waals surface area contributed by atoms with Crippen LogP contribution in [-0.2, 0) is 19.1 Å². The molecular formula is C18H18Cl2F3N. The number of aryl methyl sites for hydroxylation is 1. The summed E-state index contributed by atoms with van der Waals surface area (Å²) >= 11 is 11.9. The van der Waals surface area contributed by atoms with Crippen LogP contribution in [0.4, 0.5) is 13.2 Å². The molecule has 6 heteroatoms.